The van der Waals surface area contributed by atoms with Crippen LogP contribution >= 0.6 is 0 Å². The Bertz CT molecular complexity index is 2010. The molecule has 0 radical (unpaired) electrons. The van der Waals surface area contributed by atoms with E-state index in [0.29, 0.717) is 35.2 Å². The summed E-state index contributed by atoms with van der Waals surface area (Å²) in [5.41, 5.74) is 9.02. The summed E-state index contributed by atoms with van der Waals surface area (Å²) in [7, 11) is -4.15. The molecule has 6 rings (SSSR count). The Morgan fingerprint density at radius 3 is 2.06 bits per heavy atom. The van der Waals surface area contributed by atoms with Crippen molar-refractivity contribution in [2.45, 2.75) is 97.8 Å². The summed E-state index contributed by atoms with van der Waals surface area (Å²) in [5.74, 6) is 2.26. The SMILES string of the molecule is CC1c2nc(C(Cc3ccc(C(=O)NCCS(=O)(=O)O)cc3)c3ccc(-c4ccc(C(C)(C)C)cc4)cc3)[nH]c2C=CC1[C@H]1CC[C@@H](C(C)(C)C)CC1. The van der Waals surface area contributed by atoms with Crippen LogP contribution in [0, 0.1) is 23.2 Å². The minimum atomic E-state index is -4.15. The molecular formula is C45H57N3O4S. The van der Waals surface area contributed by atoms with Gasteiger partial charge in [-0.25, -0.2) is 4.98 Å². The van der Waals surface area contributed by atoms with Gasteiger partial charge in [0.1, 0.15) is 5.82 Å². The van der Waals surface area contributed by atoms with Crippen LogP contribution in [0.4, 0.5) is 0 Å². The fourth-order valence-electron chi connectivity index (χ4n) is 8.42. The molecule has 1 aromatic heterocycles. The van der Waals surface area contributed by atoms with Gasteiger partial charge in [-0.05, 0) is 107 Å². The highest BCUT2D eigenvalue weighted by atomic mass is 32.2. The number of carbonyl (C=O) groups excluding carboxylic acids is 1. The predicted octanol–water partition coefficient (Wildman–Crippen LogP) is 9.97. The number of aromatic nitrogens is 2. The maximum Gasteiger partial charge on any atom is 0.266 e. The van der Waals surface area contributed by atoms with E-state index in [2.05, 4.69) is 119 Å². The van der Waals surface area contributed by atoms with Gasteiger partial charge in [0.2, 0.25) is 0 Å². The highest BCUT2D eigenvalue weighted by Gasteiger charge is 2.37. The molecule has 0 spiro atoms. The van der Waals surface area contributed by atoms with Crippen LogP contribution in [0.25, 0.3) is 17.2 Å². The topological polar surface area (TPSA) is 112 Å². The molecular weight excluding hydrogens is 679 g/mol. The molecule has 0 bridgehead atoms. The number of fused-ring (bicyclic) bond motifs is 1. The maximum absolute atomic E-state index is 12.7. The zero-order valence-electron chi connectivity index (χ0n) is 32.4. The Morgan fingerprint density at radius 1 is 0.887 bits per heavy atom. The number of nitrogens with one attached hydrogen (secondary N) is 2. The summed E-state index contributed by atoms with van der Waals surface area (Å²) in [6.45, 7) is 16.0. The Kier molecular flexibility index (Phi) is 11.2. The van der Waals surface area contributed by atoms with E-state index in [0.717, 1.165) is 39.8 Å². The molecule has 3 N–H and O–H groups in total. The smallest absolute Gasteiger partial charge is 0.266 e. The number of H-pyrrole nitrogens is 1. The van der Waals surface area contributed by atoms with Crippen LogP contribution in [0.15, 0.2) is 78.9 Å². The first-order valence-electron chi connectivity index (χ1n) is 19.3. The number of benzene rings is 3. The van der Waals surface area contributed by atoms with Gasteiger partial charge in [0, 0.05) is 23.9 Å². The standard InChI is InChI=1S/C45H57N3O4S/c1-29-38(33-18-22-37(23-19-33)45(5,6)7)24-25-40-41(29)48-42(47-40)39(28-30-8-10-35(11-9-30)43(49)46-26-27-53(50,51)52)34-14-12-31(13-15-34)32-16-20-36(21-17-32)44(2,3)4/h8-17,20-21,24-25,29,33,37-39H,18-19,22-23,26-28H2,1-7H3,(H,46,49)(H,47,48)(H,50,51,52)/t29?,33-,37+,38?,39?. The second-order valence-corrected chi connectivity index (χ2v) is 19.1. The zero-order valence-corrected chi connectivity index (χ0v) is 33.3. The third-order valence-corrected chi connectivity index (χ3v) is 12.6. The lowest BCUT2D eigenvalue weighted by molar-refractivity contribution is 0.0956. The molecule has 3 atom stereocenters. The third kappa shape index (κ3) is 9.39. The van der Waals surface area contributed by atoms with Crippen molar-refractivity contribution in [1.29, 1.82) is 0 Å². The summed E-state index contributed by atoms with van der Waals surface area (Å²) < 4.78 is 31.1. The first kappa shape index (κ1) is 38.7. The quantitative estimate of drug-likeness (QED) is 0.140. The van der Waals surface area contributed by atoms with E-state index in [1.54, 1.807) is 12.1 Å². The van der Waals surface area contributed by atoms with Crippen molar-refractivity contribution in [1.82, 2.24) is 15.3 Å². The van der Waals surface area contributed by atoms with E-state index in [4.69, 9.17) is 9.54 Å². The van der Waals surface area contributed by atoms with E-state index in [1.165, 1.54) is 36.8 Å². The Morgan fingerprint density at radius 2 is 1.49 bits per heavy atom. The maximum atomic E-state index is 12.7. The van der Waals surface area contributed by atoms with Crippen LogP contribution in [-0.4, -0.2) is 41.1 Å². The van der Waals surface area contributed by atoms with Crippen LogP contribution < -0.4 is 5.32 Å². The molecule has 53 heavy (non-hydrogen) atoms. The molecule has 3 aromatic carbocycles. The molecule has 4 aromatic rings. The van der Waals surface area contributed by atoms with E-state index in [9.17, 15) is 13.2 Å². The second kappa shape index (κ2) is 15.4. The Balaban J connectivity index is 1.25. The summed E-state index contributed by atoms with van der Waals surface area (Å²) in [4.78, 5) is 21.8. The lowest BCUT2D eigenvalue weighted by Gasteiger charge is -2.40. The van der Waals surface area contributed by atoms with Crippen molar-refractivity contribution < 1.29 is 17.8 Å². The molecule has 282 valence electrons. The van der Waals surface area contributed by atoms with Gasteiger partial charge in [-0.3, -0.25) is 9.35 Å². The number of aromatic amines is 1. The summed E-state index contributed by atoms with van der Waals surface area (Å²) in [6.07, 6.45) is 10.5. The molecule has 7 nitrogen and oxygen atoms in total. The Labute approximate surface area is 316 Å². The van der Waals surface area contributed by atoms with Gasteiger partial charge in [0.25, 0.3) is 16.0 Å². The normalized spacial score (nSPS) is 21.2. The number of allylic oxidation sites excluding steroid dienone is 1. The molecule has 8 heteroatoms. The summed E-state index contributed by atoms with van der Waals surface area (Å²) in [5, 5.41) is 2.56. The number of imidazole rings is 1. The van der Waals surface area contributed by atoms with Crippen LogP contribution in [0.2, 0.25) is 0 Å². The van der Waals surface area contributed by atoms with Gasteiger partial charge in [0.05, 0.1) is 17.1 Å². The monoisotopic (exact) mass is 735 g/mol. The fraction of sp³-hybridized carbons (Fsp3) is 0.467. The predicted molar refractivity (Wildman–Crippen MR) is 216 cm³/mol. The number of amides is 1. The molecule has 0 aliphatic heterocycles. The van der Waals surface area contributed by atoms with Gasteiger partial charge in [-0.1, -0.05) is 115 Å². The van der Waals surface area contributed by atoms with Crippen LogP contribution in [-0.2, 0) is 22.0 Å². The molecule has 3 unspecified atom stereocenters. The van der Waals surface area contributed by atoms with Gasteiger partial charge in [-0.2, -0.15) is 8.42 Å². The average molecular weight is 736 g/mol. The first-order chi connectivity index (χ1) is 25.0. The van der Waals surface area contributed by atoms with Crippen LogP contribution in [0.1, 0.15) is 130 Å². The molecule has 2 aliphatic rings. The summed E-state index contributed by atoms with van der Waals surface area (Å²) >= 11 is 0. The minimum absolute atomic E-state index is 0.0476. The summed E-state index contributed by atoms with van der Waals surface area (Å²) in [6, 6.07) is 25.1. The van der Waals surface area contributed by atoms with Crippen molar-refractivity contribution >= 4 is 22.1 Å². The highest BCUT2D eigenvalue weighted by molar-refractivity contribution is 7.85. The van der Waals surface area contributed by atoms with Gasteiger partial charge < -0.3 is 10.3 Å². The van der Waals surface area contributed by atoms with Crippen molar-refractivity contribution in [3.8, 4) is 11.1 Å². The van der Waals surface area contributed by atoms with Gasteiger partial charge in [-0.15, -0.1) is 0 Å². The zero-order chi connectivity index (χ0) is 38.1. The Hall–Kier alpha value is -4.01. The van der Waals surface area contributed by atoms with E-state index in [1.807, 2.05) is 12.1 Å². The fourth-order valence-corrected chi connectivity index (χ4v) is 8.78. The molecule has 1 amide bonds. The molecule has 1 heterocycles. The average Bonchev–Trinajstić information content (AvgIpc) is 3.55. The van der Waals surface area contributed by atoms with E-state index in [-0.39, 0.29) is 23.8 Å². The van der Waals surface area contributed by atoms with E-state index < -0.39 is 15.9 Å². The third-order valence-electron chi connectivity index (χ3n) is 11.8. The number of hydrogen-bond acceptors (Lipinski definition) is 4. The number of nitrogens with zero attached hydrogens (tertiary/aromatic N) is 1. The van der Waals surface area contributed by atoms with Gasteiger partial charge >= 0.3 is 0 Å². The van der Waals surface area contributed by atoms with Crippen molar-refractivity contribution in [3.05, 3.63) is 118 Å². The van der Waals surface area contributed by atoms with E-state index >= 15 is 0 Å². The number of carbonyl (C=O) groups is 1. The van der Waals surface area contributed by atoms with Crippen molar-refractivity contribution in [2.24, 2.45) is 23.2 Å². The van der Waals surface area contributed by atoms with Crippen LogP contribution in [0.5, 0.6) is 0 Å². The first-order valence-corrected chi connectivity index (χ1v) is 20.9. The van der Waals surface area contributed by atoms with Crippen molar-refractivity contribution in [3.63, 3.8) is 0 Å². The van der Waals surface area contributed by atoms with Crippen molar-refractivity contribution in [2.75, 3.05) is 12.3 Å². The lowest BCUT2D eigenvalue weighted by Crippen LogP contribution is -2.30. The number of hydrogen-bond donors (Lipinski definition) is 3. The minimum Gasteiger partial charge on any atom is -0.351 e. The van der Waals surface area contributed by atoms with Crippen LogP contribution in [0.3, 0.4) is 0 Å². The number of rotatable bonds is 10. The molecule has 0 saturated heterocycles. The molecule has 1 saturated carbocycles. The molecule has 2 aliphatic carbocycles. The second-order valence-electron chi connectivity index (χ2n) is 17.6. The largest absolute Gasteiger partial charge is 0.351 e. The highest BCUT2D eigenvalue weighted by Crippen LogP contribution is 2.47. The van der Waals surface area contributed by atoms with Gasteiger partial charge in [0.15, 0.2) is 0 Å². The molecule has 1 fully saturated rings. The lowest BCUT2D eigenvalue weighted by atomic mass is 9.65.